The molecule has 0 aliphatic carbocycles. The average Bonchev–Trinajstić information content (AvgIpc) is 2.80. The van der Waals surface area contributed by atoms with Crippen LogP contribution in [0.1, 0.15) is 103 Å². The number of phenolic OH excluding ortho intramolecular Hbond substituents is 2. The van der Waals surface area contributed by atoms with Gasteiger partial charge in [-0.15, -0.1) is 0 Å². The third kappa shape index (κ3) is 8.99. The highest BCUT2D eigenvalue weighted by atomic mass is 16.3. The summed E-state index contributed by atoms with van der Waals surface area (Å²) in [5.74, 6) is 0.813. The number of aromatic hydroxyl groups is 2. The minimum atomic E-state index is -0.0120. The Morgan fingerprint density at radius 2 is 0.950 bits per heavy atom. The van der Waals surface area contributed by atoms with E-state index in [2.05, 4.69) is 117 Å². The first-order valence-corrected chi connectivity index (χ1v) is 15.0. The molecule has 0 aromatic heterocycles. The van der Waals surface area contributed by atoms with Crippen molar-refractivity contribution in [2.45, 2.75) is 112 Å². The van der Waals surface area contributed by atoms with Crippen molar-refractivity contribution in [2.24, 2.45) is 10.8 Å². The number of fused-ring (bicyclic) bond motifs is 4. The van der Waals surface area contributed by atoms with Gasteiger partial charge in [0.05, 0.1) is 0 Å². The van der Waals surface area contributed by atoms with Gasteiger partial charge in [-0.25, -0.2) is 0 Å². The predicted octanol–water partition coefficient (Wildman–Crippen LogP) is 6.35. The molecule has 0 amide bonds. The fourth-order valence-electron chi connectivity index (χ4n) is 5.31. The van der Waals surface area contributed by atoms with E-state index >= 15 is 0 Å². The third-order valence-electron chi connectivity index (χ3n) is 8.09. The van der Waals surface area contributed by atoms with E-state index < -0.39 is 0 Å². The quantitative estimate of drug-likeness (QED) is 0.248. The maximum atomic E-state index is 11.2. The number of nitrogens with one attached hydrogen (secondary N) is 3. The Morgan fingerprint density at radius 1 is 0.600 bits per heavy atom. The molecule has 1 aliphatic heterocycles. The van der Waals surface area contributed by atoms with Crippen molar-refractivity contribution in [1.29, 1.82) is 0 Å². The molecule has 0 saturated heterocycles. The Hall–Kier alpha value is -2.02. The van der Waals surface area contributed by atoms with E-state index in [0.717, 1.165) is 54.5 Å². The molecule has 6 heteroatoms. The standard InChI is InChI=1S/C34H55BN3O2/c1-31(2,3)27-11-23-15-35-19-33(7,8)20-36-17-25-13-28(32(4,5)6)14-26(30(25)40)18-38-22-34(9,10)21-37-16-24(12-27)29(23)39/h11-14,36-40H,15-22H2,1-10H3. The Bertz CT molecular complexity index is 1000. The Balaban J connectivity index is 1.91. The van der Waals surface area contributed by atoms with Crippen molar-refractivity contribution in [1.82, 2.24) is 16.0 Å². The van der Waals surface area contributed by atoms with Gasteiger partial charge in [0, 0.05) is 49.4 Å². The molecule has 221 valence electrons. The van der Waals surface area contributed by atoms with E-state index in [9.17, 15) is 10.2 Å². The number of phenols is 2. The van der Waals surface area contributed by atoms with Gasteiger partial charge in [-0.1, -0.05) is 106 Å². The van der Waals surface area contributed by atoms with E-state index in [1.807, 2.05) is 0 Å². The first kappa shape index (κ1) is 32.5. The topological polar surface area (TPSA) is 76.5 Å². The fourth-order valence-corrected chi connectivity index (χ4v) is 5.31. The van der Waals surface area contributed by atoms with Crippen LogP contribution in [0.25, 0.3) is 0 Å². The van der Waals surface area contributed by atoms with Crippen LogP contribution in [-0.2, 0) is 36.8 Å². The minimum Gasteiger partial charge on any atom is -0.507 e. The molecule has 5 nitrogen and oxygen atoms in total. The largest absolute Gasteiger partial charge is 0.507 e. The van der Waals surface area contributed by atoms with E-state index in [0.29, 0.717) is 31.1 Å². The normalized spacial score (nSPS) is 19.4. The number of benzene rings is 2. The highest BCUT2D eigenvalue weighted by Gasteiger charge is 2.24. The summed E-state index contributed by atoms with van der Waals surface area (Å²) in [7, 11) is 2.31. The Labute approximate surface area is 245 Å². The zero-order chi connectivity index (χ0) is 29.9. The summed E-state index contributed by atoms with van der Waals surface area (Å²) >= 11 is 0. The molecule has 40 heavy (non-hydrogen) atoms. The second-order valence-corrected chi connectivity index (χ2v) is 15.6. The number of hydrogen-bond donors (Lipinski definition) is 5. The van der Waals surface area contributed by atoms with Crippen molar-refractivity contribution in [2.75, 3.05) is 19.6 Å². The maximum absolute atomic E-state index is 11.2. The molecule has 4 bridgehead atoms. The number of rotatable bonds is 0. The smallest absolute Gasteiger partial charge is 0.124 e. The summed E-state index contributed by atoms with van der Waals surface area (Å²) in [4.78, 5) is 0. The lowest BCUT2D eigenvalue weighted by molar-refractivity contribution is 0.316. The SMILES string of the molecule is CC1(C)C[B]Cc2cc(C(C)(C)C)cc(c2O)CNCC(C)(C)CNCc2cc(C(C)(C)C)cc(c2O)CNC1. The van der Waals surface area contributed by atoms with Gasteiger partial charge in [-0.05, 0) is 44.9 Å². The predicted molar refractivity (Wildman–Crippen MR) is 171 cm³/mol. The van der Waals surface area contributed by atoms with Gasteiger partial charge in [0.25, 0.3) is 0 Å². The van der Waals surface area contributed by atoms with Gasteiger partial charge in [0.2, 0.25) is 0 Å². The Morgan fingerprint density at radius 3 is 1.35 bits per heavy atom. The van der Waals surface area contributed by atoms with Crippen molar-refractivity contribution in [3.05, 3.63) is 57.6 Å². The average molecular weight is 549 g/mol. The molecule has 5 N–H and O–H groups in total. The third-order valence-corrected chi connectivity index (χ3v) is 8.09. The zero-order valence-corrected chi connectivity index (χ0v) is 26.9. The second-order valence-electron chi connectivity index (χ2n) is 15.6. The minimum absolute atomic E-state index is 0.00330. The molecular weight excluding hydrogens is 493 g/mol. The summed E-state index contributed by atoms with van der Waals surface area (Å²) in [6.45, 7) is 26.7. The molecule has 1 radical (unpaired) electrons. The summed E-state index contributed by atoms with van der Waals surface area (Å²) in [5, 5.41) is 33.3. The van der Waals surface area contributed by atoms with Gasteiger partial charge >= 0.3 is 0 Å². The Kier molecular flexibility index (Phi) is 10.1. The van der Waals surface area contributed by atoms with E-state index in [1.165, 1.54) is 11.1 Å². The summed E-state index contributed by atoms with van der Waals surface area (Å²) in [5.41, 5.74) is 6.39. The van der Waals surface area contributed by atoms with Crippen LogP contribution in [0.4, 0.5) is 0 Å². The second kappa shape index (κ2) is 12.5. The van der Waals surface area contributed by atoms with Crippen LogP contribution in [0, 0.1) is 10.8 Å². The highest BCUT2D eigenvalue weighted by Crippen LogP contribution is 2.34. The molecule has 3 rings (SSSR count). The van der Waals surface area contributed by atoms with Crippen molar-refractivity contribution in [3.63, 3.8) is 0 Å². The van der Waals surface area contributed by atoms with Crippen molar-refractivity contribution in [3.8, 4) is 11.5 Å². The summed E-state index contributed by atoms with van der Waals surface area (Å²) < 4.78 is 0. The molecule has 0 unspecified atom stereocenters. The fraction of sp³-hybridized carbons (Fsp3) is 0.647. The summed E-state index contributed by atoms with van der Waals surface area (Å²) in [6.07, 6.45) is 1.66. The van der Waals surface area contributed by atoms with Crippen molar-refractivity contribution < 1.29 is 10.2 Å². The van der Waals surface area contributed by atoms with E-state index in [-0.39, 0.29) is 21.7 Å². The monoisotopic (exact) mass is 548 g/mol. The van der Waals surface area contributed by atoms with Crippen LogP contribution < -0.4 is 16.0 Å². The number of hydrogen-bond acceptors (Lipinski definition) is 5. The molecular formula is C34H55BN3O2. The van der Waals surface area contributed by atoms with E-state index in [4.69, 9.17) is 0 Å². The van der Waals surface area contributed by atoms with Crippen LogP contribution in [0.15, 0.2) is 24.3 Å². The lowest BCUT2D eigenvalue weighted by Crippen LogP contribution is -2.37. The molecule has 0 atom stereocenters. The van der Waals surface area contributed by atoms with Crippen LogP contribution >= 0.6 is 0 Å². The molecule has 2 aromatic rings. The molecule has 0 fully saturated rings. The van der Waals surface area contributed by atoms with E-state index in [1.54, 1.807) is 0 Å². The van der Waals surface area contributed by atoms with Gasteiger partial charge in [-0.3, -0.25) is 0 Å². The van der Waals surface area contributed by atoms with Crippen LogP contribution in [0.3, 0.4) is 0 Å². The highest BCUT2D eigenvalue weighted by molar-refractivity contribution is 6.35. The first-order chi connectivity index (χ1) is 18.4. The molecule has 0 saturated carbocycles. The first-order valence-electron chi connectivity index (χ1n) is 15.0. The lowest BCUT2D eigenvalue weighted by Gasteiger charge is -2.28. The maximum Gasteiger partial charge on any atom is 0.124 e. The summed E-state index contributed by atoms with van der Waals surface area (Å²) in [6, 6.07) is 8.67. The van der Waals surface area contributed by atoms with Crippen LogP contribution in [-0.4, -0.2) is 37.1 Å². The van der Waals surface area contributed by atoms with Gasteiger partial charge in [0.1, 0.15) is 18.8 Å². The lowest BCUT2D eigenvalue weighted by atomic mass is 9.60. The zero-order valence-electron chi connectivity index (χ0n) is 26.9. The van der Waals surface area contributed by atoms with Crippen LogP contribution in [0.2, 0.25) is 6.32 Å². The van der Waals surface area contributed by atoms with Crippen molar-refractivity contribution >= 4 is 7.28 Å². The molecule has 1 aliphatic rings. The van der Waals surface area contributed by atoms with Gasteiger partial charge < -0.3 is 26.2 Å². The molecule has 1 heterocycles. The van der Waals surface area contributed by atoms with Gasteiger partial charge in [0.15, 0.2) is 0 Å². The van der Waals surface area contributed by atoms with Crippen LogP contribution in [0.5, 0.6) is 11.5 Å². The molecule has 2 aromatic carbocycles. The van der Waals surface area contributed by atoms with Gasteiger partial charge in [-0.2, -0.15) is 0 Å². The molecule has 0 spiro atoms.